The standard InChI is InChI=1S/C21H24FNO3/c1-4-17-10-18(11-19(22)15(17)3)20(24)23-12-14(2)21(25)26-13-16-8-6-5-7-9-16/h5-11,14H,4,12-13H2,1-3H3,(H,23,24)/t14-/m1/s1. The first kappa shape index (κ1) is 19.6. The van der Waals surface area contributed by atoms with Crippen LogP contribution >= 0.6 is 0 Å². The quantitative estimate of drug-likeness (QED) is 0.767. The van der Waals surface area contributed by atoms with Crippen LogP contribution in [-0.4, -0.2) is 18.4 Å². The second kappa shape index (κ2) is 9.13. The minimum absolute atomic E-state index is 0.128. The number of benzene rings is 2. The molecule has 138 valence electrons. The molecule has 0 bridgehead atoms. The van der Waals surface area contributed by atoms with Gasteiger partial charge in [-0.1, -0.05) is 44.2 Å². The van der Waals surface area contributed by atoms with E-state index in [0.717, 1.165) is 11.1 Å². The van der Waals surface area contributed by atoms with Gasteiger partial charge in [0.05, 0.1) is 5.92 Å². The lowest BCUT2D eigenvalue weighted by Crippen LogP contribution is -2.32. The lowest BCUT2D eigenvalue weighted by atomic mass is 10.0. The molecule has 0 spiro atoms. The van der Waals surface area contributed by atoms with Gasteiger partial charge in [-0.15, -0.1) is 0 Å². The van der Waals surface area contributed by atoms with Crippen LogP contribution in [0.1, 0.15) is 40.9 Å². The summed E-state index contributed by atoms with van der Waals surface area (Å²) in [6.45, 7) is 5.61. The van der Waals surface area contributed by atoms with Crippen LogP contribution < -0.4 is 5.32 Å². The molecule has 0 heterocycles. The molecule has 1 N–H and O–H groups in total. The topological polar surface area (TPSA) is 55.4 Å². The third-order valence-corrected chi connectivity index (χ3v) is 4.29. The first-order chi connectivity index (χ1) is 12.4. The summed E-state index contributed by atoms with van der Waals surface area (Å²) in [4.78, 5) is 24.3. The van der Waals surface area contributed by atoms with Crippen molar-refractivity contribution >= 4 is 11.9 Å². The summed E-state index contributed by atoms with van der Waals surface area (Å²) >= 11 is 0. The Morgan fingerprint density at radius 2 is 1.88 bits per heavy atom. The Morgan fingerprint density at radius 3 is 2.54 bits per heavy atom. The van der Waals surface area contributed by atoms with E-state index in [9.17, 15) is 14.0 Å². The summed E-state index contributed by atoms with van der Waals surface area (Å²) < 4.78 is 19.2. The zero-order valence-electron chi connectivity index (χ0n) is 15.3. The molecule has 0 aliphatic heterocycles. The van der Waals surface area contributed by atoms with Gasteiger partial charge in [0.25, 0.3) is 5.91 Å². The van der Waals surface area contributed by atoms with E-state index in [1.165, 1.54) is 6.07 Å². The molecule has 4 nitrogen and oxygen atoms in total. The third-order valence-electron chi connectivity index (χ3n) is 4.29. The molecule has 1 amide bonds. The molecular weight excluding hydrogens is 333 g/mol. The number of hydrogen-bond donors (Lipinski definition) is 1. The summed E-state index contributed by atoms with van der Waals surface area (Å²) in [6.07, 6.45) is 0.645. The van der Waals surface area contributed by atoms with Crippen LogP contribution in [0.2, 0.25) is 0 Å². The van der Waals surface area contributed by atoms with Gasteiger partial charge < -0.3 is 10.1 Å². The van der Waals surface area contributed by atoms with Crippen LogP contribution in [0.25, 0.3) is 0 Å². The molecule has 0 aliphatic rings. The molecule has 0 saturated carbocycles. The number of carbonyl (C=O) groups excluding carboxylic acids is 2. The van der Waals surface area contributed by atoms with Crippen molar-refractivity contribution < 1.29 is 18.7 Å². The molecule has 26 heavy (non-hydrogen) atoms. The fourth-order valence-corrected chi connectivity index (χ4v) is 2.54. The van der Waals surface area contributed by atoms with E-state index < -0.39 is 23.6 Å². The molecule has 0 radical (unpaired) electrons. The molecule has 2 aromatic carbocycles. The molecular formula is C21H24FNO3. The Bertz CT molecular complexity index is 774. The molecule has 0 aliphatic carbocycles. The third kappa shape index (κ3) is 5.15. The lowest BCUT2D eigenvalue weighted by Gasteiger charge is -2.13. The maximum Gasteiger partial charge on any atom is 0.310 e. The summed E-state index contributed by atoms with van der Waals surface area (Å²) in [5, 5.41) is 2.67. The SMILES string of the molecule is CCc1cc(C(=O)NC[C@@H](C)C(=O)OCc2ccccc2)cc(F)c1C. The van der Waals surface area contributed by atoms with E-state index in [1.807, 2.05) is 37.3 Å². The number of amides is 1. The van der Waals surface area contributed by atoms with Crippen molar-refractivity contribution in [2.75, 3.05) is 6.54 Å². The summed E-state index contributed by atoms with van der Waals surface area (Å²) in [5.74, 6) is -1.69. The number of esters is 1. The smallest absolute Gasteiger partial charge is 0.310 e. The first-order valence-electron chi connectivity index (χ1n) is 8.70. The maximum atomic E-state index is 13.9. The Kier molecular flexibility index (Phi) is 6.89. The van der Waals surface area contributed by atoms with E-state index in [2.05, 4.69) is 5.32 Å². The summed E-state index contributed by atoms with van der Waals surface area (Å²) in [5.41, 5.74) is 2.52. The van der Waals surface area contributed by atoms with Crippen molar-refractivity contribution in [2.45, 2.75) is 33.8 Å². The number of rotatable bonds is 7. The van der Waals surface area contributed by atoms with Crippen LogP contribution in [0.5, 0.6) is 0 Å². The second-order valence-electron chi connectivity index (χ2n) is 6.30. The van der Waals surface area contributed by atoms with Gasteiger partial charge in [-0.3, -0.25) is 9.59 Å². The van der Waals surface area contributed by atoms with Gasteiger partial charge in [0.2, 0.25) is 0 Å². The van der Waals surface area contributed by atoms with Crippen molar-refractivity contribution in [1.29, 1.82) is 0 Å². The van der Waals surface area contributed by atoms with Crippen LogP contribution in [0.15, 0.2) is 42.5 Å². The molecule has 2 aromatic rings. The number of hydrogen-bond acceptors (Lipinski definition) is 3. The highest BCUT2D eigenvalue weighted by Gasteiger charge is 2.17. The normalized spacial score (nSPS) is 11.7. The number of halogens is 1. The van der Waals surface area contributed by atoms with Gasteiger partial charge in [0, 0.05) is 12.1 Å². The largest absolute Gasteiger partial charge is 0.461 e. The van der Waals surface area contributed by atoms with E-state index >= 15 is 0 Å². The highest BCUT2D eigenvalue weighted by atomic mass is 19.1. The molecule has 0 saturated heterocycles. The zero-order chi connectivity index (χ0) is 19.1. The van der Waals surface area contributed by atoms with Crippen LogP contribution in [0.3, 0.4) is 0 Å². The highest BCUT2D eigenvalue weighted by Crippen LogP contribution is 2.16. The second-order valence-corrected chi connectivity index (χ2v) is 6.30. The Morgan fingerprint density at radius 1 is 1.19 bits per heavy atom. The van der Waals surface area contributed by atoms with Gasteiger partial charge in [-0.2, -0.15) is 0 Å². The number of carbonyl (C=O) groups is 2. The summed E-state index contributed by atoms with van der Waals surface area (Å²) in [6, 6.07) is 12.3. The van der Waals surface area contributed by atoms with Crippen molar-refractivity contribution in [3.05, 3.63) is 70.5 Å². The first-order valence-corrected chi connectivity index (χ1v) is 8.70. The molecule has 0 aromatic heterocycles. The van der Waals surface area contributed by atoms with Crippen LogP contribution in [0.4, 0.5) is 4.39 Å². The van der Waals surface area contributed by atoms with Gasteiger partial charge >= 0.3 is 5.97 Å². The molecule has 5 heteroatoms. The predicted octanol–water partition coefficient (Wildman–Crippen LogP) is 3.81. The van der Waals surface area contributed by atoms with Gasteiger partial charge in [-0.05, 0) is 42.2 Å². The average Bonchev–Trinajstić information content (AvgIpc) is 2.66. The molecule has 2 rings (SSSR count). The Labute approximate surface area is 153 Å². The monoisotopic (exact) mass is 357 g/mol. The minimum Gasteiger partial charge on any atom is -0.461 e. The van der Waals surface area contributed by atoms with Crippen molar-refractivity contribution in [3.63, 3.8) is 0 Å². The van der Waals surface area contributed by atoms with Gasteiger partial charge in [-0.25, -0.2) is 4.39 Å². The van der Waals surface area contributed by atoms with Crippen LogP contribution in [-0.2, 0) is 22.6 Å². The fourth-order valence-electron chi connectivity index (χ4n) is 2.54. The molecule has 0 fully saturated rings. The maximum absolute atomic E-state index is 13.9. The summed E-state index contributed by atoms with van der Waals surface area (Å²) in [7, 11) is 0. The Balaban J connectivity index is 1.88. The average molecular weight is 357 g/mol. The minimum atomic E-state index is -0.497. The number of ether oxygens (including phenoxy) is 1. The van der Waals surface area contributed by atoms with E-state index in [4.69, 9.17) is 4.74 Å². The Hall–Kier alpha value is -2.69. The van der Waals surface area contributed by atoms with E-state index in [0.29, 0.717) is 12.0 Å². The van der Waals surface area contributed by atoms with Gasteiger partial charge in [0.1, 0.15) is 12.4 Å². The fraction of sp³-hybridized carbons (Fsp3) is 0.333. The number of aryl methyl sites for hydroxylation is 1. The van der Waals surface area contributed by atoms with E-state index in [1.54, 1.807) is 19.9 Å². The number of nitrogens with one attached hydrogen (secondary N) is 1. The zero-order valence-corrected chi connectivity index (χ0v) is 15.3. The van der Waals surface area contributed by atoms with Crippen molar-refractivity contribution in [2.24, 2.45) is 5.92 Å². The highest BCUT2D eigenvalue weighted by molar-refractivity contribution is 5.94. The molecule has 1 atom stereocenters. The van der Waals surface area contributed by atoms with Gasteiger partial charge in [0.15, 0.2) is 0 Å². The van der Waals surface area contributed by atoms with Crippen LogP contribution in [0, 0.1) is 18.7 Å². The lowest BCUT2D eigenvalue weighted by molar-refractivity contribution is -0.149. The predicted molar refractivity (Wildman–Crippen MR) is 98.3 cm³/mol. The van der Waals surface area contributed by atoms with Crippen molar-refractivity contribution in [1.82, 2.24) is 5.32 Å². The van der Waals surface area contributed by atoms with E-state index in [-0.39, 0.29) is 18.7 Å². The molecule has 0 unspecified atom stereocenters. The van der Waals surface area contributed by atoms with Crippen molar-refractivity contribution in [3.8, 4) is 0 Å².